The molecule has 1 aromatic carbocycles. The van der Waals surface area contributed by atoms with E-state index in [1.165, 1.54) is 0 Å². The fraction of sp³-hybridized carbons (Fsp3) is 0.357. The largest absolute Gasteiger partial charge is 0.481 e. The molecule has 0 unspecified atom stereocenters. The van der Waals surface area contributed by atoms with E-state index in [1.807, 2.05) is 30.3 Å². The topological polar surface area (TPSA) is 92.7 Å². The lowest BCUT2D eigenvalue weighted by atomic mass is 9.68. The maximum absolute atomic E-state index is 11.5. The highest BCUT2D eigenvalue weighted by molar-refractivity contribution is 5.97. The van der Waals surface area contributed by atoms with Crippen molar-refractivity contribution in [1.29, 1.82) is 0 Å². The van der Waals surface area contributed by atoms with Gasteiger partial charge in [-0.1, -0.05) is 30.3 Å². The van der Waals surface area contributed by atoms with Crippen LogP contribution in [0.1, 0.15) is 18.4 Å². The number of carbonyl (C=O) groups is 3. The second kappa shape index (κ2) is 5.73. The highest BCUT2D eigenvalue weighted by Crippen LogP contribution is 2.37. The van der Waals surface area contributed by atoms with Crippen LogP contribution in [-0.4, -0.2) is 29.5 Å². The van der Waals surface area contributed by atoms with Crippen LogP contribution >= 0.6 is 0 Å². The third kappa shape index (κ3) is 3.14. The lowest BCUT2D eigenvalue weighted by Crippen LogP contribution is -2.52. The lowest BCUT2D eigenvalue weighted by molar-refractivity contribution is -0.160. The monoisotopic (exact) mass is 277 g/mol. The third-order valence-electron chi connectivity index (χ3n) is 3.31. The number of hydrogen-bond donors (Lipinski definition) is 2. The Morgan fingerprint density at radius 1 is 1.25 bits per heavy atom. The summed E-state index contributed by atoms with van der Waals surface area (Å²) in [5, 5.41) is 11.5. The van der Waals surface area contributed by atoms with Gasteiger partial charge in [-0.05, 0) is 5.56 Å². The average molecular weight is 277 g/mol. The summed E-state index contributed by atoms with van der Waals surface area (Å²) in [6.45, 7) is 0.0212. The van der Waals surface area contributed by atoms with Crippen molar-refractivity contribution >= 4 is 17.8 Å². The first-order valence-corrected chi connectivity index (χ1v) is 6.21. The average Bonchev–Trinajstić information content (AvgIpc) is 2.40. The van der Waals surface area contributed by atoms with Gasteiger partial charge in [0.15, 0.2) is 0 Å². The van der Waals surface area contributed by atoms with Gasteiger partial charge in [-0.15, -0.1) is 0 Å². The summed E-state index contributed by atoms with van der Waals surface area (Å²) in [5.74, 6) is -1.17. The number of Topliss-reactive ketones (excluding diaryl/α,β-unsaturated/α-hetero) is 1. The maximum atomic E-state index is 11.5. The molecular formula is C14H15NO5. The first-order chi connectivity index (χ1) is 9.52. The molecule has 1 amide bonds. The first-order valence-electron chi connectivity index (χ1n) is 6.21. The van der Waals surface area contributed by atoms with Crippen molar-refractivity contribution in [3.8, 4) is 0 Å². The van der Waals surface area contributed by atoms with Crippen LogP contribution in [0.15, 0.2) is 30.3 Å². The molecule has 0 aliphatic heterocycles. The van der Waals surface area contributed by atoms with E-state index in [9.17, 15) is 14.4 Å². The normalized spacial score (nSPS) is 16.1. The molecule has 20 heavy (non-hydrogen) atoms. The van der Waals surface area contributed by atoms with E-state index in [2.05, 4.69) is 5.32 Å². The van der Waals surface area contributed by atoms with Gasteiger partial charge in [0.1, 0.15) is 12.4 Å². The number of ether oxygens (including phenoxy) is 1. The van der Waals surface area contributed by atoms with Gasteiger partial charge in [0.05, 0.1) is 5.41 Å². The number of alkyl carbamates (subject to hydrolysis) is 1. The minimum absolute atomic E-state index is 0.0404. The second-order valence-corrected chi connectivity index (χ2v) is 4.89. The van der Waals surface area contributed by atoms with Crippen molar-refractivity contribution in [1.82, 2.24) is 5.32 Å². The van der Waals surface area contributed by atoms with Gasteiger partial charge in [-0.3, -0.25) is 9.59 Å². The quantitative estimate of drug-likeness (QED) is 0.847. The van der Waals surface area contributed by atoms with Crippen LogP contribution in [-0.2, 0) is 20.9 Å². The van der Waals surface area contributed by atoms with E-state index < -0.39 is 17.5 Å². The zero-order valence-electron chi connectivity index (χ0n) is 10.8. The number of carboxylic acids is 1. The molecule has 0 atom stereocenters. The number of carboxylic acid groups (broad SMARTS) is 1. The van der Waals surface area contributed by atoms with Gasteiger partial charge in [0.2, 0.25) is 0 Å². The molecule has 0 saturated heterocycles. The number of amides is 1. The lowest BCUT2D eigenvalue weighted by Gasteiger charge is -2.35. The minimum atomic E-state index is -1.16. The van der Waals surface area contributed by atoms with Crippen molar-refractivity contribution in [2.75, 3.05) is 6.54 Å². The van der Waals surface area contributed by atoms with Crippen molar-refractivity contribution in [2.45, 2.75) is 19.4 Å². The van der Waals surface area contributed by atoms with Crippen molar-refractivity contribution in [3.63, 3.8) is 0 Å². The Morgan fingerprint density at radius 3 is 2.45 bits per heavy atom. The molecule has 2 N–H and O–H groups in total. The molecular weight excluding hydrogens is 262 g/mol. The fourth-order valence-electron chi connectivity index (χ4n) is 2.07. The summed E-state index contributed by atoms with van der Waals surface area (Å²) in [5.41, 5.74) is -0.322. The van der Waals surface area contributed by atoms with E-state index in [0.29, 0.717) is 0 Å². The van der Waals surface area contributed by atoms with Crippen LogP contribution < -0.4 is 5.32 Å². The molecule has 0 bridgehead atoms. The van der Waals surface area contributed by atoms with Crippen molar-refractivity contribution in [3.05, 3.63) is 35.9 Å². The third-order valence-corrected chi connectivity index (χ3v) is 3.31. The van der Waals surface area contributed by atoms with Crippen LogP contribution in [0.2, 0.25) is 0 Å². The number of carbonyl (C=O) groups excluding carboxylic acids is 2. The number of aliphatic carboxylic acids is 1. The predicted molar refractivity (Wildman–Crippen MR) is 68.9 cm³/mol. The van der Waals surface area contributed by atoms with E-state index >= 15 is 0 Å². The molecule has 106 valence electrons. The van der Waals surface area contributed by atoms with Crippen molar-refractivity contribution < 1.29 is 24.2 Å². The highest BCUT2D eigenvalue weighted by Gasteiger charge is 2.50. The SMILES string of the molecule is O=C1CC(CNC(=O)OCc2ccccc2)(C(=O)O)C1. The van der Waals surface area contributed by atoms with Crippen LogP contribution in [0.4, 0.5) is 4.79 Å². The Kier molecular flexibility index (Phi) is 4.02. The van der Waals surface area contributed by atoms with Crippen LogP contribution in [0, 0.1) is 5.41 Å². The zero-order chi connectivity index (χ0) is 14.6. The van der Waals surface area contributed by atoms with E-state index in [4.69, 9.17) is 9.84 Å². The molecule has 1 fully saturated rings. The predicted octanol–water partition coefficient (Wildman–Crippen LogP) is 1.35. The Hall–Kier alpha value is -2.37. The van der Waals surface area contributed by atoms with Gasteiger partial charge < -0.3 is 15.2 Å². The Bertz CT molecular complexity index is 518. The molecule has 1 aromatic rings. The van der Waals surface area contributed by atoms with E-state index in [0.717, 1.165) is 5.56 Å². The maximum Gasteiger partial charge on any atom is 0.407 e. The Labute approximate surface area is 115 Å². The summed E-state index contributed by atoms with van der Waals surface area (Å²) >= 11 is 0. The summed E-state index contributed by atoms with van der Waals surface area (Å²) in [7, 11) is 0. The smallest absolute Gasteiger partial charge is 0.407 e. The highest BCUT2D eigenvalue weighted by atomic mass is 16.5. The summed E-state index contributed by atoms with van der Waals surface area (Å²) in [4.78, 5) is 33.6. The van der Waals surface area contributed by atoms with Gasteiger partial charge in [-0.2, -0.15) is 0 Å². The van der Waals surface area contributed by atoms with Gasteiger partial charge >= 0.3 is 12.1 Å². The molecule has 6 heteroatoms. The molecule has 1 aliphatic carbocycles. The first kappa shape index (κ1) is 14.0. The van der Waals surface area contributed by atoms with Gasteiger partial charge in [0, 0.05) is 19.4 Å². The second-order valence-electron chi connectivity index (χ2n) is 4.89. The number of rotatable bonds is 5. The van der Waals surface area contributed by atoms with E-state index in [1.54, 1.807) is 0 Å². The summed E-state index contributed by atoms with van der Waals surface area (Å²) < 4.78 is 4.97. The molecule has 2 rings (SSSR count). The summed E-state index contributed by atoms with van der Waals surface area (Å²) in [6.07, 6.45) is -0.767. The minimum Gasteiger partial charge on any atom is -0.481 e. The number of ketones is 1. The number of benzene rings is 1. The standard InChI is InChI=1S/C14H15NO5/c16-11-6-14(7-11,12(17)18)9-15-13(19)20-8-10-4-2-1-3-5-10/h1-5H,6-9H2,(H,15,19)(H,17,18). The number of hydrogen-bond acceptors (Lipinski definition) is 4. The Morgan fingerprint density at radius 2 is 1.90 bits per heavy atom. The Balaban J connectivity index is 1.78. The molecule has 1 saturated carbocycles. The van der Waals surface area contributed by atoms with Crippen molar-refractivity contribution in [2.24, 2.45) is 5.41 Å². The molecule has 1 aliphatic rings. The van der Waals surface area contributed by atoms with Gasteiger partial charge in [0.25, 0.3) is 0 Å². The molecule has 0 heterocycles. The van der Waals surface area contributed by atoms with E-state index in [-0.39, 0.29) is 31.8 Å². The summed E-state index contributed by atoms with van der Waals surface area (Å²) in [6, 6.07) is 9.15. The van der Waals surface area contributed by atoms with Gasteiger partial charge in [-0.25, -0.2) is 4.79 Å². The molecule has 0 radical (unpaired) electrons. The molecule has 0 spiro atoms. The zero-order valence-corrected chi connectivity index (χ0v) is 10.8. The molecule has 0 aromatic heterocycles. The van der Waals surface area contributed by atoms with Crippen LogP contribution in [0.3, 0.4) is 0 Å². The molecule has 6 nitrogen and oxygen atoms in total. The van der Waals surface area contributed by atoms with Crippen LogP contribution in [0.5, 0.6) is 0 Å². The fourth-order valence-corrected chi connectivity index (χ4v) is 2.07. The number of nitrogens with one attached hydrogen (secondary N) is 1. The van der Waals surface area contributed by atoms with Crippen LogP contribution in [0.25, 0.3) is 0 Å².